The van der Waals surface area contributed by atoms with Crippen LogP contribution in [0.3, 0.4) is 0 Å². The molecule has 3 rings (SSSR count). The molecule has 1 aliphatic heterocycles. The Labute approximate surface area is 112 Å². The smallest absolute Gasteiger partial charge is 0.125 e. The normalized spacial score (nSPS) is 26.8. The lowest BCUT2D eigenvalue weighted by atomic mass is 9.99. The van der Waals surface area contributed by atoms with Crippen molar-refractivity contribution < 1.29 is 14.6 Å². The molecule has 19 heavy (non-hydrogen) atoms. The molecule has 3 atom stereocenters. The van der Waals surface area contributed by atoms with Crippen molar-refractivity contribution in [3.8, 4) is 5.75 Å². The highest BCUT2D eigenvalue weighted by Gasteiger charge is 2.33. The van der Waals surface area contributed by atoms with E-state index in [4.69, 9.17) is 9.47 Å². The van der Waals surface area contributed by atoms with Crippen LogP contribution in [0.5, 0.6) is 5.75 Å². The molecule has 1 saturated heterocycles. The Hall–Kier alpha value is -1.58. The average molecular weight is 258 g/mol. The van der Waals surface area contributed by atoms with E-state index in [1.54, 1.807) is 7.11 Å². The summed E-state index contributed by atoms with van der Waals surface area (Å²) in [5, 5.41) is 12.2. The average Bonchev–Trinajstić information content (AvgIpc) is 2.77. The minimum atomic E-state index is -0.402. The number of fused-ring (bicyclic) bond motifs is 1. The predicted molar refractivity (Wildman–Crippen MR) is 74.4 cm³/mol. The molecule has 1 N–H and O–H groups in total. The van der Waals surface area contributed by atoms with E-state index in [1.165, 1.54) is 0 Å². The van der Waals surface area contributed by atoms with Crippen molar-refractivity contribution in [3.05, 3.63) is 42.0 Å². The lowest BCUT2D eigenvalue weighted by Crippen LogP contribution is -2.15. The molecule has 2 aromatic rings. The maximum atomic E-state index is 9.84. The van der Waals surface area contributed by atoms with E-state index in [0.717, 1.165) is 22.1 Å². The fourth-order valence-electron chi connectivity index (χ4n) is 2.68. The first kappa shape index (κ1) is 12.5. The van der Waals surface area contributed by atoms with Crippen molar-refractivity contribution in [3.63, 3.8) is 0 Å². The zero-order valence-corrected chi connectivity index (χ0v) is 11.2. The molecule has 0 saturated carbocycles. The van der Waals surface area contributed by atoms with Crippen LogP contribution in [0.1, 0.15) is 25.0 Å². The lowest BCUT2D eigenvalue weighted by molar-refractivity contribution is 0.0210. The van der Waals surface area contributed by atoms with Gasteiger partial charge in [-0.05, 0) is 29.8 Å². The standard InChI is InChI=1S/C16H18O3/c1-10-14(17)9-16(19-10)13-7-11-5-3-4-6-12(11)8-15(13)18-2/h3-8,10,14,16-17H,9H2,1-2H3. The van der Waals surface area contributed by atoms with Gasteiger partial charge in [0.2, 0.25) is 0 Å². The molecule has 0 aromatic heterocycles. The van der Waals surface area contributed by atoms with Gasteiger partial charge < -0.3 is 14.6 Å². The Morgan fingerprint density at radius 3 is 2.47 bits per heavy atom. The van der Waals surface area contributed by atoms with Gasteiger partial charge in [-0.3, -0.25) is 0 Å². The molecule has 0 aliphatic carbocycles. The molecule has 3 unspecified atom stereocenters. The van der Waals surface area contributed by atoms with Gasteiger partial charge in [0, 0.05) is 12.0 Å². The van der Waals surface area contributed by atoms with Crippen LogP contribution in [0.15, 0.2) is 36.4 Å². The number of methoxy groups -OCH3 is 1. The number of benzene rings is 2. The molecular formula is C16H18O3. The van der Waals surface area contributed by atoms with Crippen LogP contribution in [-0.2, 0) is 4.74 Å². The summed E-state index contributed by atoms with van der Waals surface area (Å²) in [6.45, 7) is 1.90. The summed E-state index contributed by atoms with van der Waals surface area (Å²) in [6, 6.07) is 12.3. The van der Waals surface area contributed by atoms with Crippen molar-refractivity contribution in [1.82, 2.24) is 0 Å². The zero-order chi connectivity index (χ0) is 13.4. The summed E-state index contributed by atoms with van der Waals surface area (Å²) in [6.07, 6.45) is 0.00230. The summed E-state index contributed by atoms with van der Waals surface area (Å²) in [5.41, 5.74) is 1.02. The molecule has 1 heterocycles. The first-order chi connectivity index (χ1) is 9.19. The second-order valence-electron chi connectivity index (χ2n) is 5.07. The Morgan fingerprint density at radius 1 is 1.21 bits per heavy atom. The van der Waals surface area contributed by atoms with Gasteiger partial charge in [0.05, 0.1) is 25.4 Å². The van der Waals surface area contributed by atoms with Gasteiger partial charge in [-0.2, -0.15) is 0 Å². The molecular weight excluding hydrogens is 240 g/mol. The molecule has 100 valence electrons. The number of aliphatic hydroxyl groups excluding tert-OH is 1. The molecule has 0 spiro atoms. The number of hydrogen-bond acceptors (Lipinski definition) is 3. The number of ether oxygens (including phenoxy) is 2. The van der Waals surface area contributed by atoms with E-state index in [0.29, 0.717) is 6.42 Å². The van der Waals surface area contributed by atoms with E-state index in [1.807, 2.05) is 25.1 Å². The van der Waals surface area contributed by atoms with Gasteiger partial charge >= 0.3 is 0 Å². The predicted octanol–water partition coefficient (Wildman–Crippen LogP) is 3.06. The highest BCUT2D eigenvalue weighted by atomic mass is 16.5. The highest BCUT2D eigenvalue weighted by molar-refractivity contribution is 5.85. The number of aliphatic hydroxyl groups is 1. The van der Waals surface area contributed by atoms with Crippen molar-refractivity contribution >= 4 is 10.8 Å². The third-order valence-corrected chi connectivity index (χ3v) is 3.82. The molecule has 0 amide bonds. The Bertz CT molecular complexity index is 584. The fraction of sp³-hybridized carbons (Fsp3) is 0.375. The Kier molecular flexibility index (Phi) is 3.17. The van der Waals surface area contributed by atoms with Crippen LogP contribution >= 0.6 is 0 Å². The third-order valence-electron chi connectivity index (χ3n) is 3.82. The monoisotopic (exact) mass is 258 g/mol. The molecule has 2 aromatic carbocycles. The molecule has 0 radical (unpaired) electrons. The lowest BCUT2D eigenvalue weighted by Gasteiger charge is -2.16. The van der Waals surface area contributed by atoms with E-state index < -0.39 is 6.10 Å². The Balaban J connectivity index is 2.07. The minimum absolute atomic E-state index is 0.0930. The Morgan fingerprint density at radius 2 is 1.89 bits per heavy atom. The molecule has 0 bridgehead atoms. The van der Waals surface area contributed by atoms with Gasteiger partial charge in [-0.15, -0.1) is 0 Å². The van der Waals surface area contributed by atoms with Gasteiger partial charge in [-0.1, -0.05) is 24.3 Å². The van der Waals surface area contributed by atoms with Gasteiger partial charge in [0.25, 0.3) is 0 Å². The van der Waals surface area contributed by atoms with Gasteiger partial charge in [0.15, 0.2) is 0 Å². The van der Waals surface area contributed by atoms with Crippen LogP contribution in [0.2, 0.25) is 0 Å². The van der Waals surface area contributed by atoms with Crippen molar-refractivity contribution in [2.24, 2.45) is 0 Å². The van der Waals surface area contributed by atoms with E-state index >= 15 is 0 Å². The van der Waals surface area contributed by atoms with Crippen LogP contribution in [0, 0.1) is 0 Å². The fourth-order valence-corrected chi connectivity index (χ4v) is 2.68. The third kappa shape index (κ3) is 2.20. The topological polar surface area (TPSA) is 38.7 Å². The summed E-state index contributed by atoms with van der Waals surface area (Å²) >= 11 is 0. The van der Waals surface area contributed by atoms with E-state index in [9.17, 15) is 5.11 Å². The number of rotatable bonds is 2. The van der Waals surface area contributed by atoms with Crippen LogP contribution < -0.4 is 4.74 Å². The summed E-state index contributed by atoms with van der Waals surface area (Å²) in [4.78, 5) is 0. The summed E-state index contributed by atoms with van der Waals surface area (Å²) < 4.78 is 11.3. The first-order valence-corrected chi connectivity index (χ1v) is 6.59. The molecule has 1 aliphatic rings. The quantitative estimate of drug-likeness (QED) is 0.899. The van der Waals surface area contributed by atoms with Crippen molar-refractivity contribution in [2.45, 2.75) is 31.7 Å². The zero-order valence-electron chi connectivity index (χ0n) is 11.2. The molecule has 3 heteroatoms. The van der Waals surface area contributed by atoms with Crippen LogP contribution in [0.4, 0.5) is 0 Å². The maximum Gasteiger partial charge on any atom is 0.125 e. The first-order valence-electron chi connectivity index (χ1n) is 6.59. The van der Waals surface area contributed by atoms with Crippen molar-refractivity contribution in [2.75, 3.05) is 7.11 Å². The summed E-state index contributed by atoms with van der Waals surface area (Å²) in [7, 11) is 1.67. The second kappa shape index (κ2) is 4.83. The largest absolute Gasteiger partial charge is 0.496 e. The van der Waals surface area contributed by atoms with E-state index in [-0.39, 0.29) is 12.2 Å². The summed E-state index contributed by atoms with van der Waals surface area (Å²) in [5.74, 6) is 0.824. The maximum absolute atomic E-state index is 9.84. The minimum Gasteiger partial charge on any atom is -0.496 e. The molecule has 1 fully saturated rings. The number of hydrogen-bond donors (Lipinski definition) is 1. The second-order valence-corrected chi connectivity index (χ2v) is 5.07. The van der Waals surface area contributed by atoms with E-state index in [2.05, 4.69) is 18.2 Å². The van der Waals surface area contributed by atoms with Crippen LogP contribution in [-0.4, -0.2) is 24.4 Å². The van der Waals surface area contributed by atoms with Crippen LogP contribution in [0.25, 0.3) is 10.8 Å². The highest BCUT2D eigenvalue weighted by Crippen LogP contribution is 2.39. The SMILES string of the molecule is COc1cc2ccccc2cc1C1CC(O)C(C)O1. The molecule has 3 nitrogen and oxygen atoms in total. The van der Waals surface area contributed by atoms with Crippen molar-refractivity contribution in [1.29, 1.82) is 0 Å². The van der Waals surface area contributed by atoms with Gasteiger partial charge in [0.1, 0.15) is 5.75 Å². The van der Waals surface area contributed by atoms with Gasteiger partial charge in [-0.25, -0.2) is 0 Å².